The van der Waals surface area contributed by atoms with E-state index >= 15 is 0 Å². The van der Waals surface area contributed by atoms with E-state index in [1.165, 1.54) is 0 Å². The van der Waals surface area contributed by atoms with E-state index in [4.69, 9.17) is 9.94 Å². The first-order valence-electron chi connectivity index (χ1n) is 8.73. The van der Waals surface area contributed by atoms with Crippen molar-refractivity contribution in [3.63, 3.8) is 0 Å². The first kappa shape index (κ1) is 18.9. The summed E-state index contributed by atoms with van der Waals surface area (Å²) in [7, 11) is 1.61. The summed E-state index contributed by atoms with van der Waals surface area (Å²) < 4.78 is 5.17. The van der Waals surface area contributed by atoms with Crippen molar-refractivity contribution in [3.05, 3.63) is 65.7 Å². The Balaban J connectivity index is 1.77. The highest BCUT2D eigenvalue weighted by Crippen LogP contribution is 2.21. The number of hydroxylamine groups is 1. The number of benzene rings is 2. The molecule has 1 unspecified atom stereocenters. The van der Waals surface area contributed by atoms with Gasteiger partial charge in [-0.25, -0.2) is 5.48 Å². The summed E-state index contributed by atoms with van der Waals surface area (Å²) in [5, 5.41) is 9.06. The summed E-state index contributed by atoms with van der Waals surface area (Å²) in [5.41, 5.74) is 3.70. The minimum atomic E-state index is -0.711. The fraction of sp³-hybridized carbons (Fsp3) is 0.300. The lowest BCUT2D eigenvalue weighted by Gasteiger charge is -2.40. The van der Waals surface area contributed by atoms with Gasteiger partial charge in [-0.05, 0) is 23.3 Å². The summed E-state index contributed by atoms with van der Waals surface area (Å²) in [4.78, 5) is 28.2. The molecular formula is C20H23N3O4. The SMILES string of the molecule is COc1ccc(CN2CN(Cc3ccccc3)C(=O)CC2C(=O)NO)cc1. The second kappa shape index (κ2) is 8.66. The number of hydrogen-bond acceptors (Lipinski definition) is 5. The highest BCUT2D eigenvalue weighted by molar-refractivity contribution is 5.88. The molecule has 0 aromatic heterocycles. The van der Waals surface area contributed by atoms with Gasteiger partial charge in [0.2, 0.25) is 5.91 Å². The van der Waals surface area contributed by atoms with Crippen LogP contribution in [-0.2, 0) is 22.7 Å². The van der Waals surface area contributed by atoms with Crippen LogP contribution in [-0.4, -0.2) is 46.6 Å². The van der Waals surface area contributed by atoms with Crippen molar-refractivity contribution in [2.75, 3.05) is 13.8 Å². The molecule has 0 radical (unpaired) electrons. The number of methoxy groups -OCH3 is 1. The molecule has 2 N–H and O–H groups in total. The topological polar surface area (TPSA) is 82.1 Å². The van der Waals surface area contributed by atoms with Crippen LogP contribution in [0.4, 0.5) is 0 Å². The normalized spacial score (nSPS) is 17.6. The van der Waals surface area contributed by atoms with Crippen LogP contribution in [0.15, 0.2) is 54.6 Å². The molecule has 1 fully saturated rings. The van der Waals surface area contributed by atoms with Gasteiger partial charge in [0, 0.05) is 13.1 Å². The predicted molar refractivity (Wildman–Crippen MR) is 98.7 cm³/mol. The predicted octanol–water partition coefficient (Wildman–Crippen LogP) is 1.76. The van der Waals surface area contributed by atoms with Crippen molar-refractivity contribution >= 4 is 11.8 Å². The van der Waals surface area contributed by atoms with Gasteiger partial charge in [-0.1, -0.05) is 42.5 Å². The molecule has 1 saturated heterocycles. The zero-order valence-electron chi connectivity index (χ0n) is 15.2. The minimum Gasteiger partial charge on any atom is -0.497 e. The lowest BCUT2D eigenvalue weighted by Crippen LogP contribution is -2.57. The monoisotopic (exact) mass is 369 g/mol. The van der Waals surface area contributed by atoms with Gasteiger partial charge in [0.05, 0.1) is 20.2 Å². The summed E-state index contributed by atoms with van der Waals surface area (Å²) in [5.74, 6) is 0.0672. The lowest BCUT2D eigenvalue weighted by molar-refractivity contribution is -0.151. The van der Waals surface area contributed by atoms with E-state index in [1.54, 1.807) is 17.5 Å². The van der Waals surface area contributed by atoms with Gasteiger partial charge in [0.15, 0.2) is 0 Å². The number of rotatable bonds is 6. The number of hydrogen-bond donors (Lipinski definition) is 2. The van der Waals surface area contributed by atoms with E-state index in [0.29, 0.717) is 19.8 Å². The Hall–Kier alpha value is -2.90. The molecule has 1 aliphatic rings. The molecule has 27 heavy (non-hydrogen) atoms. The second-order valence-electron chi connectivity index (χ2n) is 6.51. The maximum absolute atomic E-state index is 12.5. The van der Waals surface area contributed by atoms with E-state index in [-0.39, 0.29) is 12.3 Å². The van der Waals surface area contributed by atoms with E-state index in [2.05, 4.69) is 0 Å². The van der Waals surface area contributed by atoms with Gasteiger partial charge in [-0.15, -0.1) is 0 Å². The third-order valence-electron chi connectivity index (χ3n) is 4.69. The van der Waals surface area contributed by atoms with E-state index in [1.807, 2.05) is 59.5 Å². The molecule has 2 aromatic rings. The van der Waals surface area contributed by atoms with E-state index in [9.17, 15) is 9.59 Å². The second-order valence-corrected chi connectivity index (χ2v) is 6.51. The average Bonchev–Trinajstić information content (AvgIpc) is 2.71. The molecule has 0 saturated carbocycles. The number of ether oxygens (including phenoxy) is 1. The molecule has 2 aromatic carbocycles. The van der Waals surface area contributed by atoms with Gasteiger partial charge in [-0.3, -0.25) is 19.7 Å². The highest BCUT2D eigenvalue weighted by atomic mass is 16.5. The zero-order chi connectivity index (χ0) is 19.2. The van der Waals surface area contributed by atoms with Crippen molar-refractivity contribution in [1.82, 2.24) is 15.3 Å². The Bertz CT molecular complexity index is 780. The van der Waals surface area contributed by atoms with Crippen LogP contribution < -0.4 is 10.2 Å². The van der Waals surface area contributed by atoms with Gasteiger partial charge in [0.25, 0.3) is 5.91 Å². The van der Waals surface area contributed by atoms with Gasteiger partial charge in [0.1, 0.15) is 11.8 Å². The smallest absolute Gasteiger partial charge is 0.261 e. The molecule has 0 spiro atoms. The van der Waals surface area contributed by atoms with Crippen LogP contribution in [0.3, 0.4) is 0 Å². The third kappa shape index (κ3) is 4.64. The van der Waals surface area contributed by atoms with Crippen LogP contribution in [0.1, 0.15) is 17.5 Å². The molecule has 2 amide bonds. The molecule has 7 heteroatoms. The van der Waals surface area contributed by atoms with Crippen molar-refractivity contribution in [2.45, 2.75) is 25.6 Å². The number of carbonyl (C=O) groups is 2. The number of carbonyl (C=O) groups excluding carboxylic acids is 2. The molecule has 0 bridgehead atoms. The number of nitrogens with one attached hydrogen (secondary N) is 1. The molecule has 142 valence electrons. The molecule has 0 aliphatic carbocycles. The number of nitrogens with zero attached hydrogens (tertiary/aromatic N) is 2. The van der Waals surface area contributed by atoms with Gasteiger partial charge >= 0.3 is 0 Å². The van der Waals surface area contributed by atoms with E-state index in [0.717, 1.165) is 16.9 Å². The molecule has 1 atom stereocenters. The van der Waals surface area contributed by atoms with Crippen molar-refractivity contribution in [2.24, 2.45) is 0 Å². The fourth-order valence-corrected chi connectivity index (χ4v) is 3.22. The highest BCUT2D eigenvalue weighted by Gasteiger charge is 2.36. The van der Waals surface area contributed by atoms with Crippen LogP contribution in [0.5, 0.6) is 5.75 Å². The largest absolute Gasteiger partial charge is 0.497 e. The van der Waals surface area contributed by atoms with Crippen molar-refractivity contribution in [1.29, 1.82) is 0 Å². The summed E-state index contributed by atoms with van der Waals surface area (Å²) >= 11 is 0. The lowest BCUT2D eigenvalue weighted by atomic mass is 10.1. The summed E-state index contributed by atoms with van der Waals surface area (Å²) in [6.45, 7) is 1.25. The number of amides is 2. The Morgan fingerprint density at radius 2 is 1.78 bits per heavy atom. The third-order valence-corrected chi connectivity index (χ3v) is 4.69. The van der Waals surface area contributed by atoms with Crippen molar-refractivity contribution < 1.29 is 19.5 Å². The Kier molecular flexibility index (Phi) is 6.05. The first-order valence-corrected chi connectivity index (χ1v) is 8.73. The maximum Gasteiger partial charge on any atom is 0.261 e. The Morgan fingerprint density at radius 1 is 1.11 bits per heavy atom. The summed E-state index contributed by atoms with van der Waals surface area (Å²) in [6, 6.07) is 16.6. The van der Waals surface area contributed by atoms with Crippen LogP contribution in [0.25, 0.3) is 0 Å². The Morgan fingerprint density at radius 3 is 2.41 bits per heavy atom. The van der Waals surface area contributed by atoms with Crippen LogP contribution in [0.2, 0.25) is 0 Å². The fourth-order valence-electron chi connectivity index (χ4n) is 3.22. The maximum atomic E-state index is 12.5. The van der Waals surface area contributed by atoms with E-state index < -0.39 is 11.9 Å². The molecular weight excluding hydrogens is 346 g/mol. The van der Waals surface area contributed by atoms with Crippen LogP contribution in [0, 0.1) is 0 Å². The van der Waals surface area contributed by atoms with Gasteiger partial charge in [-0.2, -0.15) is 0 Å². The van der Waals surface area contributed by atoms with Crippen molar-refractivity contribution in [3.8, 4) is 5.75 Å². The zero-order valence-corrected chi connectivity index (χ0v) is 15.2. The summed E-state index contributed by atoms with van der Waals surface area (Å²) in [6.07, 6.45) is 0.0232. The van der Waals surface area contributed by atoms with Gasteiger partial charge < -0.3 is 9.64 Å². The average molecular weight is 369 g/mol. The molecule has 1 heterocycles. The molecule has 3 rings (SSSR count). The molecule has 7 nitrogen and oxygen atoms in total. The quantitative estimate of drug-likeness (QED) is 0.599. The first-order chi connectivity index (χ1) is 13.1. The molecule has 1 aliphatic heterocycles. The Labute approximate surface area is 158 Å². The standard InChI is InChI=1S/C20H23N3O4/c1-27-17-9-7-16(8-10-17)12-22-14-23(13-15-5-3-2-4-6-15)19(24)11-18(22)20(25)21-26/h2-10,18,26H,11-14H2,1H3,(H,21,25). The minimum absolute atomic E-state index is 0.0232. The van der Waals surface area contributed by atoms with Crippen LogP contribution >= 0.6 is 0 Å².